The van der Waals surface area contributed by atoms with Gasteiger partial charge in [0, 0.05) is 44.0 Å². The third-order valence-electron chi connectivity index (χ3n) is 5.76. The van der Waals surface area contributed by atoms with E-state index in [1.807, 2.05) is 6.07 Å². The van der Waals surface area contributed by atoms with Crippen LogP contribution in [0.3, 0.4) is 0 Å². The Morgan fingerprint density at radius 1 is 1.24 bits per heavy atom. The molecule has 1 aromatic carbocycles. The Labute approximate surface area is 194 Å². The number of alkyl halides is 3. The summed E-state index contributed by atoms with van der Waals surface area (Å²) < 4.78 is 39.7. The number of nitrogens with two attached hydrogens (primary N) is 1. The van der Waals surface area contributed by atoms with Crippen molar-refractivity contribution in [3.8, 4) is 0 Å². The van der Waals surface area contributed by atoms with Gasteiger partial charge in [-0.05, 0) is 44.0 Å². The molecule has 0 unspecified atom stereocenters. The van der Waals surface area contributed by atoms with E-state index in [-0.39, 0.29) is 17.6 Å². The van der Waals surface area contributed by atoms with E-state index < -0.39 is 17.8 Å². The number of amides is 1. The first-order valence-electron chi connectivity index (χ1n) is 10.9. The molecule has 0 aliphatic carbocycles. The van der Waals surface area contributed by atoms with Gasteiger partial charge in [-0.25, -0.2) is 15.0 Å². The van der Waals surface area contributed by atoms with E-state index in [1.165, 1.54) is 13.0 Å². The molecule has 4 rings (SSSR count). The van der Waals surface area contributed by atoms with Crippen LogP contribution in [0.25, 0.3) is 10.9 Å². The van der Waals surface area contributed by atoms with E-state index >= 15 is 0 Å². The molecule has 0 radical (unpaired) electrons. The average Bonchev–Trinajstić information content (AvgIpc) is 3.19. The molecule has 180 valence electrons. The number of aryl methyl sites for hydroxylation is 1. The van der Waals surface area contributed by atoms with Gasteiger partial charge in [0.2, 0.25) is 5.91 Å². The number of anilines is 3. The lowest BCUT2D eigenvalue weighted by molar-refractivity contribution is -0.137. The van der Waals surface area contributed by atoms with E-state index in [2.05, 4.69) is 30.5 Å². The SMILES string of the molecule is CC(=O)N[C@H]1CCN(c2cc3nc(C)nc(N[C@H](C)c4cc(N)cc(C(F)(F)F)c4)c3cn2)C1. The molecular formula is C23H26F3N7O. The Morgan fingerprint density at radius 3 is 2.71 bits per heavy atom. The molecule has 11 heteroatoms. The van der Waals surface area contributed by atoms with E-state index in [1.54, 1.807) is 20.0 Å². The lowest BCUT2D eigenvalue weighted by Gasteiger charge is -2.20. The van der Waals surface area contributed by atoms with Crippen molar-refractivity contribution < 1.29 is 18.0 Å². The topological polar surface area (TPSA) is 109 Å². The minimum atomic E-state index is -4.49. The molecular weight excluding hydrogens is 447 g/mol. The molecule has 1 fully saturated rings. The summed E-state index contributed by atoms with van der Waals surface area (Å²) in [6.45, 7) is 6.40. The summed E-state index contributed by atoms with van der Waals surface area (Å²) in [4.78, 5) is 27.0. The van der Waals surface area contributed by atoms with Crippen LogP contribution in [0.4, 0.5) is 30.5 Å². The second-order valence-electron chi connectivity index (χ2n) is 8.56. The van der Waals surface area contributed by atoms with Crippen molar-refractivity contribution in [2.45, 2.75) is 45.5 Å². The lowest BCUT2D eigenvalue weighted by atomic mass is 10.0. The van der Waals surface area contributed by atoms with Gasteiger partial charge in [-0.3, -0.25) is 4.79 Å². The zero-order valence-electron chi connectivity index (χ0n) is 19.1. The number of halogens is 3. The van der Waals surface area contributed by atoms with Gasteiger partial charge in [0.05, 0.1) is 22.5 Å². The third kappa shape index (κ3) is 5.13. The van der Waals surface area contributed by atoms with Crippen molar-refractivity contribution in [3.63, 3.8) is 0 Å². The molecule has 1 aliphatic heterocycles. The number of aromatic nitrogens is 3. The van der Waals surface area contributed by atoms with Crippen LogP contribution in [0, 0.1) is 6.92 Å². The molecule has 0 saturated carbocycles. The van der Waals surface area contributed by atoms with Crippen LogP contribution in [0.5, 0.6) is 0 Å². The molecule has 4 N–H and O–H groups in total. The second-order valence-corrected chi connectivity index (χ2v) is 8.56. The van der Waals surface area contributed by atoms with Crippen molar-refractivity contribution in [2.75, 3.05) is 29.0 Å². The Hall–Kier alpha value is -3.63. The predicted octanol–water partition coefficient (Wildman–Crippen LogP) is 3.82. The molecule has 8 nitrogen and oxygen atoms in total. The number of nitrogen functional groups attached to an aromatic ring is 1. The summed E-state index contributed by atoms with van der Waals surface area (Å²) in [7, 11) is 0. The fraction of sp³-hybridized carbons (Fsp3) is 0.391. The molecule has 0 bridgehead atoms. The number of benzene rings is 1. The number of nitrogens with one attached hydrogen (secondary N) is 2. The largest absolute Gasteiger partial charge is 0.416 e. The zero-order valence-corrected chi connectivity index (χ0v) is 19.1. The number of fused-ring (bicyclic) bond motifs is 1. The highest BCUT2D eigenvalue weighted by atomic mass is 19.4. The van der Waals surface area contributed by atoms with Gasteiger partial charge in [-0.2, -0.15) is 13.2 Å². The zero-order chi connectivity index (χ0) is 24.6. The minimum absolute atomic E-state index is 0.0386. The van der Waals surface area contributed by atoms with E-state index in [0.29, 0.717) is 34.7 Å². The molecule has 1 saturated heterocycles. The maximum absolute atomic E-state index is 13.2. The molecule has 1 amide bonds. The molecule has 34 heavy (non-hydrogen) atoms. The van der Waals surface area contributed by atoms with Crippen molar-refractivity contribution in [2.24, 2.45) is 0 Å². The fourth-order valence-corrected chi connectivity index (χ4v) is 4.17. The van der Waals surface area contributed by atoms with Crippen LogP contribution in [-0.4, -0.2) is 40.0 Å². The summed E-state index contributed by atoms with van der Waals surface area (Å²) >= 11 is 0. The normalized spacial score (nSPS) is 17.1. The van der Waals surface area contributed by atoms with Gasteiger partial charge in [0.25, 0.3) is 0 Å². The van der Waals surface area contributed by atoms with Gasteiger partial charge in [-0.15, -0.1) is 0 Å². The number of hydrogen-bond donors (Lipinski definition) is 3. The third-order valence-corrected chi connectivity index (χ3v) is 5.76. The first kappa shape index (κ1) is 23.5. The highest BCUT2D eigenvalue weighted by Gasteiger charge is 2.31. The summed E-state index contributed by atoms with van der Waals surface area (Å²) in [5.74, 6) is 1.67. The number of hydrogen-bond acceptors (Lipinski definition) is 7. The first-order chi connectivity index (χ1) is 16.0. The fourth-order valence-electron chi connectivity index (χ4n) is 4.17. The Bertz CT molecular complexity index is 1230. The number of rotatable bonds is 5. The van der Waals surface area contributed by atoms with Gasteiger partial charge in [0.15, 0.2) is 0 Å². The second kappa shape index (κ2) is 8.96. The number of pyridine rings is 1. The van der Waals surface area contributed by atoms with Crippen molar-refractivity contribution in [1.82, 2.24) is 20.3 Å². The molecule has 3 heterocycles. The Balaban J connectivity index is 1.60. The number of carbonyl (C=O) groups excluding carboxylic acids is 1. The van der Waals surface area contributed by atoms with Crippen molar-refractivity contribution >= 4 is 34.1 Å². The van der Waals surface area contributed by atoms with Gasteiger partial charge >= 0.3 is 6.18 Å². The van der Waals surface area contributed by atoms with Gasteiger partial charge in [-0.1, -0.05) is 0 Å². The monoisotopic (exact) mass is 473 g/mol. The minimum Gasteiger partial charge on any atom is -0.399 e. The van der Waals surface area contributed by atoms with Crippen LogP contribution in [0.1, 0.15) is 43.3 Å². The number of nitrogens with zero attached hydrogens (tertiary/aromatic N) is 4. The van der Waals surface area contributed by atoms with E-state index in [0.717, 1.165) is 30.9 Å². The molecule has 2 aromatic heterocycles. The predicted molar refractivity (Wildman–Crippen MR) is 124 cm³/mol. The maximum atomic E-state index is 13.2. The summed E-state index contributed by atoms with van der Waals surface area (Å²) in [5.41, 5.74) is 6.02. The van der Waals surface area contributed by atoms with Crippen LogP contribution in [-0.2, 0) is 11.0 Å². The lowest BCUT2D eigenvalue weighted by Crippen LogP contribution is -2.35. The van der Waals surface area contributed by atoms with Crippen LogP contribution in [0.2, 0.25) is 0 Å². The standard InChI is InChI=1S/C23H26F3N7O/c1-12(15-6-16(23(24,25)26)8-17(27)7-15)29-22-19-10-28-21(9-20(19)30-13(2)31-22)33-5-4-18(11-33)32-14(3)34/h6-10,12,18H,4-5,11,27H2,1-3H3,(H,32,34)(H,29,30,31)/t12-,18+/m1/s1. The van der Waals surface area contributed by atoms with Gasteiger partial charge < -0.3 is 21.3 Å². The van der Waals surface area contributed by atoms with Crippen LogP contribution in [0.15, 0.2) is 30.5 Å². The maximum Gasteiger partial charge on any atom is 0.416 e. The molecule has 0 spiro atoms. The van der Waals surface area contributed by atoms with Crippen LogP contribution >= 0.6 is 0 Å². The summed E-state index contributed by atoms with van der Waals surface area (Å²) in [6, 6.07) is 4.94. The van der Waals surface area contributed by atoms with E-state index in [9.17, 15) is 18.0 Å². The quantitative estimate of drug-likeness (QED) is 0.484. The molecule has 3 aromatic rings. The van der Waals surface area contributed by atoms with Gasteiger partial charge in [0.1, 0.15) is 17.5 Å². The smallest absolute Gasteiger partial charge is 0.399 e. The Kier molecular flexibility index (Phi) is 6.20. The van der Waals surface area contributed by atoms with Crippen molar-refractivity contribution in [1.29, 1.82) is 0 Å². The summed E-state index contributed by atoms with van der Waals surface area (Å²) in [6.07, 6.45) is -2.01. The molecule has 2 atom stereocenters. The Morgan fingerprint density at radius 2 is 2.00 bits per heavy atom. The summed E-state index contributed by atoms with van der Waals surface area (Å²) in [5, 5.41) is 6.77. The molecule has 1 aliphatic rings. The van der Waals surface area contributed by atoms with E-state index in [4.69, 9.17) is 5.73 Å². The average molecular weight is 474 g/mol. The van der Waals surface area contributed by atoms with Crippen LogP contribution < -0.4 is 21.3 Å². The highest BCUT2D eigenvalue weighted by Crippen LogP contribution is 2.34. The number of carbonyl (C=O) groups is 1. The van der Waals surface area contributed by atoms with Crippen molar-refractivity contribution in [3.05, 3.63) is 47.4 Å². The first-order valence-corrected chi connectivity index (χ1v) is 10.9. The highest BCUT2D eigenvalue weighted by molar-refractivity contribution is 5.90.